The molecule has 5 rings (SSSR count). The van der Waals surface area contributed by atoms with Crippen molar-refractivity contribution in [3.05, 3.63) is 96.7 Å². The lowest BCUT2D eigenvalue weighted by molar-refractivity contribution is -0.384. The molecule has 2 aromatic carbocycles. The van der Waals surface area contributed by atoms with Crippen LogP contribution in [0.3, 0.4) is 0 Å². The van der Waals surface area contributed by atoms with Gasteiger partial charge in [0.25, 0.3) is 17.5 Å². The molecule has 1 unspecified atom stereocenters. The zero-order chi connectivity index (χ0) is 29.3. The molecule has 1 fully saturated rings. The van der Waals surface area contributed by atoms with Gasteiger partial charge in [0.05, 0.1) is 15.4 Å². The maximum absolute atomic E-state index is 13.5. The Hall–Kier alpha value is -4.73. The van der Waals surface area contributed by atoms with Crippen molar-refractivity contribution in [1.82, 2.24) is 15.8 Å². The Morgan fingerprint density at radius 2 is 2.02 bits per heavy atom. The number of carbonyl (C=O) groups excluding carboxylic acids is 2. The Morgan fingerprint density at radius 3 is 2.73 bits per heavy atom. The number of non-ortho nitro benzene ring substituents is 1. The minimum Gasteiger partial charge on any atom is -0.508 e. The summed E-state index contributed by atoms with van der Waals surface area (Å²) in [6.07, 6.45) is 1.74. The van der Waals surface area contributed by atoms with Crippen molar-refractivity contribution < 1.29 is 24.7 Å². The number of thioether (sulfide) groups is 1. The van der Waals surface area contributed by atoms with Crippen molar-refractivity contribution in [2.75, 3.05) is 5.32 Å². The molecule has 12 nitrogen and oxygen atoms in total. The van der Waals surface area contributed by atoms with Gasteiger partial charge in [-0.15, -0.1) is 11.3 Å². The van der Waals surface area contributed by atoms with Gasteiger partial charge in [0, 0.05) is 40.0 Å². The van der Waals surface area contributed by atoms with Crippen LogP contribution < -0.4 is 16.1 Å². The standard InChI is InChI=1S/C26H20N6O6S3/c1-13-21(23(35)28-14-4-2-5-15(10-14)32(37)38)22(18-8-7-16(33)11-19(18)34)29-25(27-13)30-31-24(36)20(41-26(31)39)12-17-6-3-9-40-17/h2-12,22,33-34H,1H3,(H,28,35)(H2,27,29,30)/b20-12+. The highest BCUT2D eigenvalue weighted by molar-refractivity contribution is 8.26. The van der Waals surface area contributed by atoms with Crippen LogP contribution in [0.25, 0.3) is 6.08 Å². The SMILES string of the molecule is CC1=C(C(=O)Nc2cccc([N+](=O)[O-])c2)C(c2ccc(O)cc2O)N=C(NN2C(=O)/C(=C\c3cccs3)SC2=S)N1. The van der Waals surface area contributed by atoms with E-state index in [0.29, 0.717) is 10.6 Å². The van der Waals surface area contributed by atoms with E-state index in [-0.39, 0.29) is 44.3 Å². The Bertz CT molecular complexity index is 1680. The first-order valence-corrected chi connectivity index (χ1v) is 13.9. The van der Waals surface area contributed by atoms with Gasteiger partial charge in [0.2, 0.25) is 5.96 Å². The molecular weight excluding hydrogens is 589 g/mol. The Morgan fingerprint density at radius 1 is 1.22 bits per heavy atom. The predicted molar refractivity (Wildman–Crippen MR) is 160 cm³/mol. The number of nitrogens with one attached hydrogen (secondary N) is 3. The number of carbonyl (C=O) groups is 2. The number of phenols is 2. The molecule has 1 atom stereocenters. The predicted octanol–water partition coefficient (Wildman–Crippen LogP) is 4.39. The van der Waals surface area contributed by atoms with Crippen molar-refractivity contribution in [2.24, 2.45) is 4.99 Å². The number of nitro benzene ring substituents is 1. The van der Waals surface area contributed by atoms with Crippen molar-refractivity contribution in [1.29, 1.82) is 0 Å². The van der Waals surface area contributed by atoms with Crippen LogP contribution in [-0.4, -0.2) is 42.2 Å². The molecule has 0 bridgehead atoms. The number of rotatable bonds is 6. The van der Waals surface area contributed by atoms with E-state index in [4.69, 9.17) is 12.2 Å². The van der Waals surface area contributed by atoms with Crippen molar-refractivity contribution >= 4 is 74.9 Å². The van der Waals surface area contributed by atoms with Gasteiger partial charge in [-0.25, -0.2) is 4.99 Å². The number of hydrogen-bond donors (Lipinski definition) is 5. The van der Waals surface area contributed by atoms with Gasteiger partial charge in [0.1, 0.15) is 17.5 Å². The van der Waals surface area contributed by atoms with Crippen LogP contribution >= 0.6 is 35.3 Å². The van der Waals surface area contributed by atoms with Crippen LogP contribution in [0.5, 0.6) is 11.5 Å². The molecule has 15 heteroatoms. The van der Waals surface area contributed by atoms with Gasteiger partial charge in [-0.1, -0.05) is 23.9 Å². The topological polar surface area (TPSA) is 169 Å². The largest absolute Gasteiger partial charge is 0.508 e. The number of aromatic hydroxyl groups is 2. The Balaban J connectivity index is 1.46. The number of anilines is 1. The summed E-state index contributed by atoms with van der Waals surface area (Å²) in [7, 11) is 0. The first-order chi connectivity index (χ1) is 19.6. The third-order valence-corrected chi connectivity index (χ3v) is 8.06. The average molecular weight is 609 g/mol. The van der Waals surface area contributed by atoms with E-state index in [1.165, 1.54) is 47.7 Å². The molecule has 3 aromatic rings. The molecular formula is C26H20N6O6S3. The number of thiocarbonyl (C=S) groups is 1. The third-order valence-electron chi connectivity index (χ3n) is 5.94. The molecule has 0 aliphatic carbocycles. The van der Waals surface area contributed by atoms with E-state index in [1.807, 2.05) is 17.5 Å². The first kappa shape index (κ1) is 27.8. The Labute approximate surface area is 246 Å². The summed E-state index contributed by atoms with van der Waals surface area (Å²) < 4.78 is 0.238. The quantitative estimate of drug-likeness (QED) is 0.117. The molecule has 2 aliphatic rings. The number of amides is 2. The molecule has 2 amide bonds. The lowest BCUT2D eigenvalue weighted by atomic mass is 9.94. The van der Waals surface area contributed by atoms with E-state index < -0.39 is 22.8 Å². The summed E-state index contributed by atoms with van der Waals surface area (Å²) in [4.78, 5) is 43.0. The van der Waals surface area contributed by atoms with E-state index in [2.05, 4.69) is 21.1 Å². The normalized spacial score (nSPS) is 17.9. The molecule has 41 heavy (non-hydrogen) atoms. The van der Waals surface area contributed by atoms with Gasteiger partial charge >= 0.3 is 0 Å². The monoisotopic (exact) mass is 608 g/mol. The molecule has 5 N–H and O–H groups in total. The number of hydrogen-bond acceptors (Lipinski definition) is 12. The molecule has 0 spiro atoms. The molecule has 208 valence electrons. The maximum Gasteiger partial charge on any atom is 0.285 e. The number of benzene rings is 2. The maximum atomic E-state index is 13.5. The summed E-state index contributed by atoms with van der Waals surface area (Å²) in [5.74, 6) is -1.47. The first-order valence-electron chi connectivity index (χ1n) is 11.8. The third kappa shape index (κ3) is 5.91. The molecule has 1 saturated heterocycles. The van der Waals surface area contributed by atoms with E-state index in [0.717, 1.165) is 27.7 Å². The van der Waals surface area contributed by atoms with Gasteiger partial charge in [-0.3, -0.25) is 25.1 Å². The van der Waals surface area contributed by atoms with Gasteiger partial charge in [-0.2, -0.15) is 5.01 Å². The molecule has 1 aromatic heterocycles. The number of allylic oxidation sites excluding steroid dienone is 1. The number of nitro groups is 1. The van der Waals surface area contributed by atoms with Crippen molar-refractivity contribution in [3.8, 4) is 11.5 Å². The van der Waals surface area contributed by atoms with Crippen LogP contribution in [0.1, 0.15) is 23.4 Å². The van der Waals surface area contributed by atoms with Gasteiger partial charge < -0.3 is 20.8 Å². The smallest absolute Gasteiger partial charge is 0.285 e. The fraction of sp³-hybridized carbons (Fsp3) is 0.0769. The number of guanidine groups is 1. The van der Waals surface area contributed by atoms with Crippen LogP contribution in [-0.2, 0) is 9.59 Å². The number of nitrogens with zero attached hydrogens (tertiary/aromatic N) is 3. The fourth-order valence-corrected chi connectivity index (χ4v) is 5.99. The van der Waals surface area contributed by atoms with E-state index in [9.17, 15) is 29.9 Å². The van der Waals surface area contributed by atoms with Crippen LogP contribution in [0.15, 0.2) is 81.1 Å². The lowest BCUT2D eigenvalue weighted by Gasteiger charge is -2.29. The summed E-state index contributed by atoms with van der Waals surface area (Å²) in [5, 5.41) is 40.3. The van der Waals surface area contributed by atoms with Crippen LogP contribution in [0.2, 0.25) is 0 Å². The Kier molecular flexibility index (Phi) is 7.74. The van der Waals surface area contributed by atoms with Crippen LogP contribution in [0.4, 0.5) is 11.4 Å². The highest BCUT2D eigenvalue weighted by Gasteiger charge is 2.36. The molecule has 3 heterocycles. The zero-order valence-corrected chi connectivity index (χ0v) is 23.5. The second-order valence-corrected chi connectivity index (χ2v) is 11.3. The number of aliphatic imine (C=N–C) groups is 1. The van der Waals surface area contributed by atoms with E-state index >= 15 is 0 Å². The summed E-state index contributed by atoms with van der Waals surface area (Å²) >= 11 is 8.00. The fourth-order valence-electron chi connectivity index (χ4n) is 4.08. The zero-order valence-electron chi connectivity index (χ0n) is 21.0. The second-order valence-electron chi connectivity index (χ2n) is 8.69. The number of phenolic OH excluding ortho intramolecular Hbond substituents is 2. The van der Waals surface area contributed by atoms with Crippen molar-refractivity contribution in [3.63, 3.8) is 0 Å². The summed E-state index contributed by atoms with van der Waals surface area (Å²) in [5.41, 5.74) is 3.45. The van der Waals surface area contributed by atoms with Gasteiger partial charge in [0.15, 0.2) is 4.32 Å². The molecule has 2 aliphatic heterocycles. The summed E-state index contributed by atoms with van der Waals surface area (Å²) in [6, 6.07) is 12.0. The second kappa shape index (κ2) is 11.4. The molecule has 0 saturated carbocycles. The average Bonchev–Trinajstić information content (AvgIpc) is 3.52. The van der Waals surface area contributed by atoms with Gasteiger partial charge in [-0.05, 0) is 54.9 Å². The lowest BCUT2D eigenvalue weighted by Crippen LogP contribution is -2.51. The number of hydrazine groups is 1. The summed E-state index contributed by atoms with van der Waals surface area (Å²) in [6.45, 7) is 1.60. The highest BCUT2D eigenvalue weighted by Crippen LogP contribution is 2.38. The number of thiophene rings is 1. The molecule has 0 radical (unpaired) electrons. The minimum atomic E-state index is -1.10. The minimum absolute atomic E-state index is 0.0700. The van der Waals surface area contributed by atoms with Crippen LogP contribution in [0, 0.1) is 10.1 Å². The van der Waals surface area contributed by atoms with Crippen molar-refractivity contribution in [2.45, 2.75) is 13.0 Å². The van der Waals surface area contributed by atoms with E-state index in [1.54, 1.807) is 13.0 Å². The highest BCUT2D eigenvalue weighted by atomic mass is 32.2.